The first kappa shape index (κ1) is 12.8. The summed E-state index contributed by atoms with van der Waals surface area (Å²) in [5.41, 5.74) is 0. The van der Waals surface area contributed by atoms with Crippen molar-refractivity contribution >= 4 is 16.5 Å². The lowest BCUT2D eigenvalue weighted by Gasteiger charge is -2.34. The Hall–Kier alpha value is -0.680. The van der Waals surface area contributed by atoms with E-state index < -0.39 is 0 Å². The molecule has 0 bridgehead atoms. The predicted octanol–water partition coefficient (Wildman–Crippen LogP) is 2.45. The smallest absolute Gasteiger partial charge is 0.205 e. The maximum atomic E-state index is 4.24. The van der Waals surface area contributed by atoms with Crippen LogP contribution in [0, 0.1) is 11.8 Å². The Balaban J connectivity index is 1.87. The molecular weight excluding hydrogens is 232 g/mol. The van der Waals surface area contributed by atoms with Crippen LogP contribution in [0.2, 0.25) is 0 Å². The Morgan fingerprint density at radius 3 is 2.88 bits per heavy atom. The predicted molar refractivity (Wildman–Crippen MR) is 72.3 cm³/mol. The van der Waals surface area contributed by atoms with E-state index >= 15 is 0 Å². The van der Waals surface area contributed by atoms with Crippen LogP contribution in [0.25, 0.3) is 0 Å². The fraction of sp³-hybridized carbons (Fsp3) is 0.833. The van der Waals surface area contributed by atoms with Crippen molar-refractivity contribution in [2.45, 2.75) is 33.7 Å². The number of rotatable bonds is 4. The lowest BCUT2D eigenvalue weighted by Crippen LogP contribution is -2.37. The number of hydrogen-bond acceptors (Lipinski definition) is 5. The fourth-order valence-corrected chi connectivity index (χ4v) is 3.07. The van der Waals surface area contributed by atoms with E-state index in [-0.39, 0.29) is 0 Å². The zero-order valence-corrected chi connectivity index (χ0v) is 11.8. The van der Waals surface area contributed by atoms with Crippen LogP contribution in [-0.4, -0.2) is 34.7 Å². The van der Waals surface area contributed by atoms with Crippen molar-refractivity contribution in [2.24, 2.45) is 11.8 Å². The van der Waals surface area contributed by atoms with Gasteiger partial charge in [0.1, 0.15) is 5.01 Å². The number of likely N-dealkylation sites (tertiary alicyclic amines) is 1. The molecule has 0 saturated carbocycles. The van der Waals surface area contributed by atoms with Gasteiger partial charge in [0.2, 0.25) is 5.13 Å². The van der Waals surface area contributed by atoms with E-state index in [4.69, 9.17) is 0 Å². The van der Waals surface area contributed by atoms with Crippen LogP contribution in [0.3, 0.4) is 0 Å². The monoisotopic (exact) mass is 254 g/mol. The van der Waals surface area contributed by atoms with Crippen molar-refractivity contribution in [3.63, 3.8) is 0 Å². The normalized spacial score (nSPS) is 26.1. The van der Waals surface area contributed by atoms with Gasteiger partial charge in [-0.1, -0.05) is 25.2 Å². The first-order valence-electron chi connectivity index (χ1n) is 6.47. The van der Waals surface area contributed by atoms with E-state index in [1.54, 1.807) is 11.3 Å². The van der Waals surface area contributed by atoms with Crippen LogP contribution in [0.5, 0.6) is 0 Å². The second kappa shape index (κ2) is 5.78. The SMILES string of the molecule is CCNc1nnc(CN2CCC(C)C(C)C2)s1. The van der Waals surface area contributed by atoms with Crippen LogP contribution < -0.4 is 5.32 Å². The molecule has 4 nitrogen and oxygen atoms in total. The van der Waals surface area contributed by atoms with E-state index in [2.05, 4.69) is 41.2 Å². The molecule has 1 saturated heterocycles. The average molecular weight is 254 g/mol. The minimum atomic E-state index is 0.796. The van der Waals surface area contributed by atoms with Crippen molar-refractivity contribution in [2.75, 3.05) is 25.0 Å². The number of nitrogens with zero attached hydrogens (tertiary/aromatic N) is 3. The highest BCUT2D eigenvalue weighted by Gasteiger charge is 2.23. The third-order valence-electron chi connectivity index (χ3n) is 3.57. The van der Waals surface area contributed by atoms with Gasteiger partial charge < -0.3 is 5.32 Å². The molecule has 2 rings (SSSR count). The molecule has 1 fully saturated rings. The molecular formula is C12H22N4S. The summed E-state index contributed by atoms with van der Waals surface area (Å²) in [5, 5.41) is 13.7. The minimum absolute atomic E-state index is 0.796. The Kier molecular flexibility index (Phi) is 4.34. The Morgan fingerprint density at radius 1 is 1.35 bits per heavy atom. The fourth-order valence-electron chi connectivity index (χ4n) is 2.22. The molecule has 96 valence electrons. The summed E-state index contributed by atoms with van der Waals surface area (Å²) in [7, 11) is 0. The highest BCUT2D eigenvalue weighted by atomic mass is 32.1. The average Bonchev–Trinajstić information content (AvgIpc) is 2.72. The lowest BCUT2D eigenvalue weighted by atomic mass is 9.89. The van der Waals surface area contributed by atoms with Crippen LogP contribution in [0.1, 0.15) is 32.2 Å². The topological polar surface area (TPSA) is 41.1 Å². The molecule has 1 aromatic rings. The van der Waals surface area contributed by atoms with Crippen LogP contribution in [0.15, 0.2) is 0 Å². The second-order valence-corrected chi connectivity index (χ2v) is 6.07. The van der Waals surface area contributed by atoms with Crippen molar-refractivity contribution in [3.8, 4) is 0 Å². The summed E-state index contributed by atoms with van der Waals surface area (Å²) < 4.78 is 0. The molecule has 1 N–H and O–H groups in total. The Labute approximate surface area is 107 Å². The van der Waals surface area contributed by atoms with E-state index in [0.29, 0.717) is 0 Å². The van der Waals surface area contributed by atoms with Crippen LogP contribution in [0.4, 0.5) is 5.13 Å². The highest BCUT2D eigenvalue weighted by Crippen LogP contribution is 2.24. The molecule has 0 spiro atoms. The summed E-state index contributed by atoms with van der Waals surface area (Å²) in [6, 6.07) is 0. The van der Waals surface area contributed by atoms with E-state index in [1.165, 1.54) is 19.5 Å². The second-order valence-electron chi connectivity index (χ2n) is 5.01. The van der Waals surface area contributed by atoms with Gasteiger partial charge in [-0.3, -0.25) is 4.90 Å². The molecule has 1 aromatic heterocycles. The van der Waals surface area contributed by atoms with Gasteiger partial charge in [0.15, 0.2) is 0 Å². The summed E-state index contributed by atoms with van der Waals surface area (Å²) in [5.74, 6) is 1.66. The quantitative estimate of drug-likeness (QED) is 0.896. The van der Waals surface area contributed by atoms with Crippen molar-refractivity contribution in [1.82, 2.24) is 15.1 Å². The van der Waals surface area contributed by atoms with Crippen molar-refractivity contribution in [1.29, 1.82) is 0 Å². The van der Waals surface area contributed by atoms with Crippen LogP contribution >= 0.6 is 11.3 Å². The molecule has 17 heavy (non-hydrogen) atoms. The molecule has 0 aliphatic carbocycles. The van der Waals surface area contributed by atoms with Crippen LogP contribution in [-0.2, 0) is 6.54 Å². The first-order valence-corrected chi connectivity index (χ1v) is 7.29. The first-order chi connectivity index (χ1) is 8.19. The largest absolute Gasteiger partial charge is 0.360 e. The zero-order valence-electron chi connectivity index (χ0n) is 10.9. The molecule has 1 aliphatic heterocycles. The maximum absolute atomic E-state index is 4.24. The van der Waals surface area contributed by atoms with Gasteiger partial charge in [-0.2, -0.15) is 0 Å². The Bertz CT molecular complexity index is 352. The van der Waals surface area contributed by atoms with Gasteiger partial charge in [-0.25, -0.2) is 0 Å². The summed E-state index contributed by atoms with van der Waals surface area (Å²) in [4.78, 5) is 2.50. The standard InChI is InChI=1S/C12H22N4S/c1-4-13-12-15-14-11(17-12)8-16-6-5-9(2)10(3)7-16/h9-10H,4-8H2,1-3H3,(H,13,15). The molecule has 0 radical (unpaired) electrons. The highest BCUT2D eigenvalue weighted by molar-refractivity contribution is 7.15. The third kappa shape index (κ3) is 3.39. The summed E-state index contributed by atoms with van der Waals surface area (Å²) in [6.07, 6.45) is 1.31. The van der Waals surface area contributed by atoms with Gasteiger partial charge in [0.05, 0.1) is 6.54 Å². The summed E-state index contributed by atoms with van der Waals surface area (Å²) in [6.45, 7) is 11.0. The molecule has 0 aromatic carbocycles. The molecule has 2 unspecified atom stereocenters. The molecule has 1 aliphatic rings. The number of piperidine rings is 1. The molecule has 2 atom stereocenters. The number of anilines is 1. The lowest BCUT2D eigenvalue weighted by molar-refractivity contribution is 0.132. The number of aromatic nitrogens is 2. The number of hydrogen-bond donors (Lipinski definition) is 1. The third-order valence-corrected chi connectivity index (χ3v) is 4.44. The van der Waals surface area contributed by atoms with Crippen molar-refractivity contribution in [3.05, 3.63) is 5.01 Å². The maximum Gasteiger partial charge on any atom is 0.205 e. The van der Waals surface area contributed by atoms with Gasteiger partial charge in [0.25, 0.3) is 0 Å². The molecule has 2 heterocycles. The van der Waals surface area contributed by atoms with Gasteiger partial charge in [-0.15, -0.1) is 10.2 Å². The zero-order chi connectivity index (χ0) is 12.3. The van der Waals surface area contributed by atoms with E-state index in [9.17, 15) is 0 Å². The molecule has 0 amide bonds. The Morgan fingerprint density at radius 2 is 2.18 bits per heavy atom. The van der Waals surface area contributed by atoms with E-state index in [0.717, 1.165) is 35.1 Å². The summed E-state index contributed by atoms with van der Waals surface area (Å²) >= 11 is 1.68. The van der Waals surface area contributed by atoms with Gasteiger partial charge in [-0.05, 0) is 31.7 Å². The van der Waals surface area contributed by atoms with Gasteiger partial charge in [0, 0.05) is 13.1 Å². The minimum Gasteiger partial charge on any atom is -0.360 e. The van der Waals surface area contributed by atoms with E-state index in [1.807, 2.05) is 0 Å². The number of nitrogens with one attached hydrogen (secondary N) is 1. The van der Waals surface area contributed by atoms with Crippen molar-refractivity contribution < 1.29 is 0 Å². The van der Waals surface area contributed by atoms with Gasteiger partial charge >= 0.3 is 0 Å². The molecule has 5 heteroatoms.